The van der Waals surface area contributed by atoms with Gasteiger partial charge in [-0.15, -0.1) is 0 Å². The molecule has 1 saturated heterocycles. The molecule has 3 rings (SSSR count). The summed E-state index contributed by atoms with van der Waals surface area (Å²) in [6.45, 7) is 4.16. The summed E-state index contributed by atoms with van der Waals surface area (Å²) in [5.41, 5.74) is 0. The molecule has 2 aromatic rings. The first kappa shape index (κ1) is 12.4. The number of hydrogen-bond acceptors (Lipinski definition) is 3. The number of likely N-dealkylation sites (tertiary alicyclic amines) is 1. The van der Waals surface area contributed by atoms with Crippen molar-refractivity contribution in [3.05, 3.63) is 36.5 Å². The molecule has 0 bridgehead atoms. The molecule has 1 aromatic carbocycles. The second-order valence-electron chi connectivity index (χ2n) is 5.09. The standard InChI is InChI=1S/C16H20N2O/c1-4-10-18(11-5-1)12-13-19-16-15-7-3-2-6-14(15)8-9-17-16/h2-3,6-9H,1,4-5,10-13H2. The van der Waals surface area contributed by atoms with Gasteiger partial charge in [-0.1, -0.05) is 24.6 Å². The van der Waals surface area contributed by atoms with Crippen LogP contribution in [0.15, 0.2) is 36.5 Å². The van der Waals surface area contributed by atoms with Gasteiger partial charge >= 0.3 is 0 Å². The van der Waals surface area contributed by atoms with E-state index < -0.39 is 0 Å². The highest BCUT2D eigenvalue weighted by molar-refractivity contribution is 5.86. The van der Waals surface area contributed by atoms with Gasteiger partial charge in [0.15, 0.2) is 0 Å². The van der Waals surface area contributed by atoms with Gasteiger partial charge in [-0.05, 0) is 43.5 Å². The van der Waals surface area contributed by atoms with E-state index in [9.17, 15) is 0 Å². The lowest BCUT2D eigenvalue weighted by Gasteiger charge is -2.26. The van der Waals surface area contributed by atoms with E-state index in [1.165, 1.54) is 37.7 Å². The molecule has 1 fully saturated rings. The highest BCUT2D eigenvalue weighted by Gasteiger charge is 2.10. The highest BCUT2D eigenvalue weighted by atomic mass is 16.5. The smallest absolute Gasteiger partial charge is 0.221 e. The van der Waals surface area contributed by atoms with Gasteiger partial charge in [-0.25, -0.2) is 4.98 Å². The van der Waals surface area contributed by atoms with Gasteiger partial charge in [0, 0.05) is 18.1 Å². The third-order valence-electron chi connectivity index (χ3n) is 3.73. The van der Waals surface area contributed by atoms with Crippen molar-refractivity contribution in [1.82, 2.24) is 9.88 Å². The molecular weight excluding hydrogens is 236 g/mol. The van der Waals surface area contributed by atoms with Crippen LogP contribution >= 0.6 is 0 Å². The molecule has 3 nitrogen and oxygen atoms in total. The summed E-state index contributed by atoms with van der Waals surface area (Å²) in [7, 11) is 0. The van der Waals surface area contributed by atoms with E-state index in [1.54, 1.807) is 0 Å². The van der Waals surface area contributed by atoms with Crippen LogP contribution in [0.3, 0.4) is 0 Å². The highest BCUT2D eigenvalue weighted by Crippen LogP contribution is 2.22. The molecule has 0 N–H and O–H groups in total. The monoisotopic (exact) mass is 256 g/mol. The van der Waals surface area contributed by atoms with Crippen molar-refractivity contribution in [1.29, 1.82) is 0 Å². The van der Waals surface area contributed by atoms with E-state index in [-0.39, 0.29) is 0 Å². The van der Waals surface area contributed by atoms with E-state index in [1.807, 2.05) is 24.4 Å². The van der Waals surface area contributed by atoms with E-state index >= 15 is 0 Å². The van der Waals surface area contributed by atoms with Gasteiger partial charge < -0.3 is 4.74 Å². The molecule has 2 heterocycles. The molecule has 0 atom stereocenters. The number of fused-ring (bicyclic) bond motifs is 1. The summed E-state index contributed by atoms with van der Waals surface area (Å²) in [6.07, 6.45) is 5.85. The quantitative estimate of drug-likeness (QED) is 0.840. The second-order valence-corrected chi connectivity index (χ2v) is 5.09. The van der Waals surface area contributed by atoms with Crippen molar-refractivity contribution < 1.29 is 4.74 Å². The van der Waals surface area contributed by atoms with Gasteiger partial charge in [0.25, 0.3) is 0 Å². The molecular formula is C16H20N2O. The van der Waals surface area contributed by atoms with Crippen molar-refractivity contribution in [2.45, 2.75) is 19.3 Å². The Kier molecular flexibility index (Phi) is 3.94. The summed E-state index contributed by atoms with van der Waals surface area (Å²) in [4.78, 5) is 6.83. The fourth-order valence-corrected chi connectivity index (χ4v) is 2.66. The fourth-order valence-electron chi connectivity index (χ4n) is 2.66. The fraction of sp³-hybridized carbons (Fsp3) is 0.438. The van der Waals surface area contributed by atoms with Crippen LogP contribution in [0.4, 0.5) is 0 Å². The van der Waals surface area contributed by atoms with E-state index in [0.717, 1.165) is 24.4 Å². The average Bonchev–Trinajstić information content (AvgIpc) is 2.49. The van der Waals surface area contributed by atoms with Crippen LogP contribution in [0.2, 0.25) is 0 Å². The van der Waals surface area contributed by atoms with Crippen molar-refractivity contribution >= 4 is 10.8 Å². The number of rotatable bonds is 4. The zero-order chi connectivity index (χ0) is 12.9. The van der Waals surface area contributed by atoms with Crippen LogP contribution in [0, 0.1) is 0 Å². The Labute approximate surface area is 114 Å². The van der Waals surface area contributed by atoms with E-state index in [0.29, 0.717) is 0 Å². The van der Waals surface area contributed by atoms with Gasteiger partial charge in [0.1, 0.15) is 6.61 Å². The predicted octanol–water partition coefficient (Wildman–Crippen LogP) is 3.10. The average molecular weight is 256 g/mol. The van der Waals surface area contributed by atoms with Crippen LogP contribution in [-0.2, 0) is 0 Å². The summed E-state index contributed by atoms with van der Waals surface area (Å²) >= 11 is 0. The first-order valence-corrected chi connectivity index (χ1v) is 7.12. The molecule has 0 radical (unpaired) electrons. The number of aromatic nitrogens is 1. The molecule has 1 aliphatic heterocycles. The molecule has 0 amide bonds. The third-order valence-corrected chi connectivity index (χ3v) is 3.73. The minimum absolute atomic E-state index is 0.723. The van der Waals surface area contributed by atoms with Crippen molar-refractivity contribution in [2.75, 3.05) is 26.2 Å². The Bertz CT molecular complexity index is 530. The maximum atomic E-state index is 5.87. The Morgan fingerprint density at radius 1 is 1.05 bits per heavy atom. The second kappa shape index (κ2) is 6.02. The number of hydrogen-bond donors (Lipinski definition) is 0. The van der Waals surface area contributed by atoms with Gasteiger partial charge in [-0.2, -0.15) is 0 Å². The molecule has 0 aliphatic carbocycles. The Morgan fingerprint density at radius 2 is 1.89 bits per heavy atom. The topological polar surface area (TPSA) is 25.4 Å². The summed E-state index contributed by atoms with van der Waals surface area (Å²) in [5, 5.41) is 2.29. The number of pyridine rings is 1. The van der Waals surface area contributed by atoms with Crippen molar-refractivity contribution in [2.24, 2.45) is 0 Å². The molecule has 0 unspecified atom stereocenters. The Balaban J connectivity index is 1.62. The van der Waals surface area contributed by atoms with Gasteiger partial charge in [0.05, 0.1) is 0 Å². The van der Waals surface area contributed by atoms with Crippen molar-refractivity contribution in [3.63, 3.8) is 0 Å². The maximum absolute atomic E-state index is 5.87. The van der Waals surface area contributed by atoms with Crippen LogP contribution in [0.1, 0.15) is 19.3 Å². The Hall–Kier alpha value is -1.61. The maximum Gasteiger partial charge on any atom is 0.221 e. The first-order chi connectivity index (χ1) is 9.43. The SMILES string of the molecule is c1ccc2c(OCCN3CCCCC3)nccc2c1. The number of benzene rings is 1. The minimum Gasteiger partial charge on any atom is -0.476 e. The van der Waals surface area contributed by atoms with Crippen molar-refractivity contribution in [3.8, 4) is 5.88 Å². The molecule has 1 aliphatic rings. The predicted molar refractivity (Wildman–Crippen MR) is 77.5 cm³/mol. The number of nitrogens with zero attached hydrogens (tertiary/aromatic N) is 2. The zero-order valence-electron chi connectivity index (χ0n) is 11.2. The van der Waals surface area contributed by atoms with Crippen LogP contribution in [0.25, 0.3) is 10.8 Å². The molecule has 0 spiro atoms. The van der Waals surface area contributed by atoms with Crippen LogP contribution < -0.4 is 4.74 Å². The summed E-state index contributed by atoms with van der Waals surface area (Å²) in [5.74, 6) is 0.759. The largest absolute Gasteiger partial charge is 0.476 e. The summed E-state index contributed by atoms with van der Waals surface area (Å²) in [6, 6.07) is 10.3. The van der Waals surface area contributed by atoms with Crippen LogP contribution in [-0.4, -0.2) is 36.1 Å². The molecule has 3 heteroatoms. The number of piperidine rings is 1. The van der Waals surface area contributed by atoms with E-state index in [4.69, 9.17) is 4.74 Å². The molecule has 100 valence electrons. The van der Waals surface area contributed by atoms with Gasteiger partial charge in [0.2, 0.25) is 5.88 Å². The first-order valence-electron chi connectivity index (χ1n) is 7.12. The lowest BCUT2D eigenvalue weighted by molar-refractivity contribution is 0.181. The third kappa shape index (κ3) is 3.04. The summed E-state index contributed by atoms with van der Waals surface area (Å²) < 4.78 is 5.87. The number of ether oxygens (including phenoxy) is 1. The lowest BCUT2D eigenvalue weighted by atomic mass is 10.1. The van der Waals surface area contributed by atoms with E-state index in [2.05, 4.69) is 22.0 Å². The Morgan fingerprint density at radius 3 is 2.79 bits per heavy atom. The molecule has 1 aromatic heterocycles. The van der Waals surface area contributed by atoms with Crippen LogP contribution in [0.5, 0.6) is 5.88 Å². The normalized spacial score (nSPS) is 16.6. The lowest BCUT2D eigenvalue weighted by Crippen LogP contribution is -2.33. The van der Waals surface area contributed by atoms with Gasteiger partial charge in [-0.3, -0.25) is 4.90 Å². The molecule has 0 saturated carbocycles. The minimum atomic E-state index is 0.723. The zero-order valence-corrected chi connectivity index (χ0v) is 11.2. The molecule has 19 heavy (non-hydrogen) atoms.